The zero-order chi connectivity index (χ0) is 23.3. The Morgan fingerprint density at radius 3 is 2.62 bits per heavy atom. The van der Waals surface area contributed by atoms with Gasteiger partial charge in [-0.3, -0.25) is 9.78 Å². The fourth-order valence-electron chi connectivity index (χ4n) is 4.41. The van der Waals surface area contributed by atoms with E-state index in [-0.39, 0.29) is 12.5 Å². The number of pyridine rings is 1. The van der Waals surface area contributed by atoms with Gasteiger partial charge in [0.1, 0.15) is 5.82 Å². The van der Waals surface area contributed by atoms with E-state index in [2.05, 4.69) is 39.2 Å². The van der Waals surface area contributed by atoms with Crippen LogP contribution in [0, 0.1) is 5.92 Å². The Morgan fingerprint density at radius 2 is 1.85 bits per heavy atom. The number of likely N-dealkylation sites (tertiary alicyclic amines) is 1. The van der Waals surface area contributed by atoms with Crippen molar-refractivity contribution in [3.8, 4) is 11.4 Å². The molecule has 0 unspecified atom stereocenters. The lowest BCUT2D eigenvalue weighted by molar-refractivity contribution is -0.135. The lowest BCUT2D eigenvalue weighted by atomic mass is 9.90. The van der Waals surface area contributed by atoms with Gasteiger partial charge in [-0.25, -0.2) is 9.78 Å². The number of hydrogen-bond acceptors (Lipinski definition) is 5. The maximum Gasteiger partial charge on any atom is 0.338 e. The van der Waals surface area contributed by atoms with Crippen LogP contribution in [0.2, 0.25) is 0 Å². The first-order valence-electron chi connectivity index (χ1n) is 11.5. The predicted octanol–water partition coefficient (Wildman–Crippen LogP) is 4.26. The highest BCUT2D eigenvalue weighted by Crippen LogP contribution is 2.23. The van der Waals surface area contributed by atoms with Gasteiger partial charge in [0.15, 0.2) is 6.61 Å². The highest BCUT2D eigenvalue weighted by Gasteiger charge is 2.24. The lowest BCUT2D eigenvalue weighted by Crippen LogP contribution is -2.41. The van der Waals surface area contributed by atoms with E-state index in [1.54, 1.807) is 35.5 Å². The van der Waals surface area contributed by atoms with Gasteiger partial charge in [-0.2, -0.15) is 0 Å². The third-order valence-corrected chi connectivity index (χ3v) is 6.31. The number of esters is 1. The molecule has 1 aliphatic heterocycles. The SMILES string of the molecule is O=C(OCC(=O)N1CCC(Cc2ccccc2)CC1)c1ccc2nc(-c3cccnc3)[nH]c2c1. The van der Waals surface area contributed by atoms with Gasteiger partial charge in [0.05, 0.1) is 16.6 Å². The van der Waals surface area contributed by atoms with E-state index in [9.17, 15) is 9.59 Å². The van der Waals surface area contributed by atoms with Crippen molar-refractivity contribution in [2.75, 3.05) is 19.7 Å². The zero-order valence-electron chi connectivity index (χ0n) is 18.8. The van der Waals surface area contributed by atoms with Crippen LogP contribution in [0.4, 0.5) is 0 Å². The molecule has 1 amide bonds. The first-order chi connectivity index (χ1) is 16.7. The minimum absolute atomic E-state index is 0.145. The average molecular weight is 455 g/mol. The molecule has 172 valence electrons. The molecule has 2 aromatic heterocycles. The minimum atomic E-state index is -0.522. The van der Waals surface area contributed by atoms with E-state index in [0.717, 1.165) is 35.9 Å². The van der Waals surface area contributed by atoms with Gasteiger partial charge in [0.25, 0.3) is 5.91 Å². The van der Waals surface area contributed by atoms with Gasteiger partial charge in [0.2, 0.25) is 0 Å². The summed E-state index contributed by atoms with van der Waals surface area (Å²) in [6.45, 7) is 1.15. The van der Waals surface area contributed by atoms with Crippen LogP contribution in [0.5, 0.6) is 0 Å². The monoisotopic (exact) mass is 454 g/mol. The quantitative estimate of drug-likeness (QED) is 0.440. The second-order valence-electron chi connectivity index (χ2n) is 8.65. The number of H-pyrrole nitrogens is 1. The molecule has 0 saturated carbocycles. The van der Waals surface area contributed by atoms with Gasteiger partial charge >= 0.3 is 5.97 Å². The van der Waals surface area contributed by atoms with E-state index in [1.807, 2.05) is 18.2 Å². The van der Waals surface area contributed by atoms with Crippen molar-refractivity contribution < 1.29 is 14.3 Å². The Balaban J connectivity index is 1.14. The summed E-state index contributed by atoms with van der Waals surface area (Å²) in [5, 5.41) is 0. The second kappa shape index (κ2) is 9.87. The van der Waals surface area contributed by atoms with Crippen molar-refractivity contribution in [1.82, 2.24) is 19.9 Å². The molecule has 0 atom stereocenters. The first kappa shape index (κ1) is 21.8. The van der Waals surface area contributed by atoms with Crippen molar-refractivity contribution in [3.63, 3.8) is 0 Å². The van der Waals surface area contributed by atoms with E-state index < -0.39 is 5.97 Å². The summed E-state index contributed by atoms with van der Waals surface area (Å²) in [6.07, 6.45) is 6.39. The van der Waals surface area contributed by atoms with Crippen LogP contribution in [-0.4, -0.2) is 51.4 Å². The van der Waals surface area contributed by atoms with Crippen LogP contribution in [0.15, 0.2) is 73.1 Å². The lowest BCUT2D eigenvalue weighted by Gasteiger charge is -2.32. The molecule has 1 saturated heterocycles. The fourth-order valence-corrected chi connectivity index (χ4v) is 4.41. The Labute approximate surface area is 197 Å². The molecule has 3 heterocycles. The summed E-state index contributed by atoms with van der Waals surface area (Å²) >= 11 is 0. The number of hydrogen-bond donors (Lipinski definition) is 1. The van der Waals surface area contributed by atoms with Crippen molar-refractivity contribution in [3.05, 3.63) is 84.2 Å². The Bertz CT molecular complexity index is 1280. The van der Waals surface area contributed by atoms with Crippen molar-refractivity contribution in [1.29, 1.82) is 0 Å². The molecule has 1 N–H and O–H groups in total. The first-order valence-corrected chi connectivity index (χ1v) is 11.5. The van der Waals surface area contributed by atoms with Gasteiger partial charge < -0.3 is 14.6 Å². The zero-order valence-corrected chi connectivity index (χ0v) is 18.8. The maximum atomic E-state index is 12.6. The summed E-state index contributed by atoms with van der Waals surface area (Å²) < 4.78 is 5.33. The van der Waals surface area contributed by atoms with E-state index >= 15 is 0 Å². The Hall–Kier alpha value is -4.00. The van der Waals surface area contributed by atoms with Crippen LogP contribution in [0.25, 0.3) is 22.4 Å². The highest BCUT2D eigenvalue weighted by molar-refractivity contribution is 5.95. The van der Waals surface area contributed by atoms with E-state index in [1.165, 1.54) is 5.56 Å². The number of ether oxygens (including phenoxy) is 1. The maximum absolute atomic E-state index is 12.6. The number of carbonyl (C=O) groups is 2. The number of amides is 1. The number of piperidine rings is 1. The third-order valence-electron chi connectivity index (χ3n) is 6.31. The Kier molecular flexibility index (Phi) is 6.33. The highest BCUT2D eigenvalue weighted by atomic mass is 16.5. The topological polar surface area (TPSA) is 88.2 Å². The average Bonchev–Trinajstić information content (AvgIpc) is 3.32. The fraction of sp³-hybridized carbons (Fsp3) is 0.259. The summed E-state index contributed by atoms with van der Waals surface area (Å²) in [5.74, 6) is 0.589. The van der Waals surface area contributed by atoms with Crippen LogP contribution in [-0.2, 0) is 16.0 Å². The normalized spacial score (nSPS) is 14.3. The summed E-state index contributed by atoms with van der Waals surface area (Å²) in [7, 11) is 0. The second-order valence-corrected chi connectivity index (χ2v) is 8.65. The predicted molar refractivity (Wildman–Crippen MR) is 129 cm³/mol. The number of aromatic nitrogens is 3. The standard InChI is InChI=1S/C27H26N4O3/c32-25(31-13-10-20(11-14-31)15-19-5-2-1-3-6-19)18-34-27(33)21-8-9-23-24(16-21)30-26(29-23)22-7-4-12-28-17-22/h1-9,12,16-17,20H,10-11,13-15,18H2,(H,29,30). The molecule has 0 aliphatic carbocycles. The molecule has 7 nitrogen and oxygen atoms in total. The molecule has 7 heteroatoms. The minimum Gasteiger partial charge on any atom is -0.452 e. The summed E-state index contributed by atoms with van der Waals surface area (Å²) in [6, 6.07) is 19.3. The molecule has 1 aliphatic rings. The number of rotatable bonds is 6. The van der Waals surface area contributed by atoms with E-state index in [4.69, 9.17) is 4.74 Å². The third kappa shape index (κ3) is 4.98. The molecular formula is C27H26N4O3. The molecule has 2 aromatic carbocycles. The summed E-state index contributed by atoms with van der Waals surface area (Å²) in [5.41, 5.74) is 4.04. The van der Waals surface area contributed by atoms with Gasteiger partial charge in [-0.1, -0.05) is 30.3 Å². The molecule has 5 rings (SSSR count). The van der Waals surface area contributed by atoms with Crippen LogP contribution in [0.3, 0.4) is 0 Å². The molecule has 34 heavy (non-hydrogen) atoms. The number of nitrogens with one attached hydrogen (secondary N) is 1. The number of imidazole rings is 1. The number of aromatic amines is 1. The van der Waals surface area contributed by atoms with Gasteiger partial charge in [0, 0.05) is 31.0 Å². The molecule has 0 spiro atoms. The van der Waals surface area contributed by atoms with Gasteiger partial charge in [-0.15, -0.1) is 0 Å². The molecule has 4 aromatic rings. The molecule has 1 fully saturated rings. The number of nitrogens with zero attached hydrogens (tertiary/aromatic N) is 3. The van der Waals surface area contributed by atoms with Crippen molar-refractivity contribution >= 4 is 22.9 Å². The number of benzene rings is 2. The van der Waals surface area contributed by atoms with Gasteiger partial charge in [-0.05, 0) is 61.1 Å². The van der Waals surface area contributed by atoms with Crippen molar-refractivity contribution in [2.24, 2.45) is 5.92 Å². The van der Waals surface area contributed by atoms with Crippen LogP contribution >= 0.6 is 0 Å². The molecule has 0 bridgehead atoms. The van der Waals surface area contributed by atoms with Crippen LogP contribution < -0.4 is 0 Å². The Morgan fingerprint density at radius 1 is 1.03 bits per heavy atom. The van der Waals surface area contributed by atoms with E-state index in [0.29, 0.717) is 30.4 Å². The molecule has 0 radical (unpaired) electrons. The largest absolute Gasteiger partial charge is 0.452 e. The number of fused-ring (bicyclic) bond motifs is 1. The smallest absolute Gasteiger partial charge is 0.338 e. The van der Waals surface area contributed by atoms with Crippen molar-refractivity contribution in [2.45, 2.75) is 19.3 Å². The summed E-state index contributed by atoms with van der Waals surface area (Å²) in [4.78, 5) is 38.8. The molecular weight excluding hydrogens is 428 g/mol. The number of carbonyl (C=O) groups excluding carboxylic acids is 2. The van der Waals surface area contributed by atoms with Crippen LogP contribution in [0.1, 0.15) is 28.8 Å².